The van der Waals surface area contributed by atoms with Gasteiger partial charge >= 0.3 is 0 Å². The third-order valence-corrected chi connectivity index (χ3v) is 4.46. The Morgan fingerprint density at radius 1 is 1.25 bits per heavy atom. The number of nitriles is 1. The van der Waals surface area contributed by atoms with E-state index in [0.717, 1.165) is 42.0 Å². The highest BCUT2D eigenvalue weighted by atomic mass is 15.3. The molecule has 1 N–H and O–H groups in total. The summed E-state index contributed by atoms with van der Waals surface area (Å²) in [5.74, 6) is 0. The van der Waals surface area contributed by atoms with Gasteiger partial charge in [0.2, 0.25) is 0 Å². The van der Waals surface area contributed by atoms with Crippen LogP contribution >= 0.6 is 0 Å². The first-order valence-electron chi connectivity index (χ1n) is 8.04. The Labute approximate surface area is 140 Å². The Balaban J connectivity index is 1.91. The number of aryl methyl sites for hydroxylation is 1. The molecule has 4 rings (SSSR count). The van der Waals surface area contributed by atoms with E-state index in [1.165, 1.54) is 0 Å². The molecule has 122 valence electrons. The molecule has 1 fully saturated rings. The molecule has 1 aliphatic heterocycles. The van der Waals surface area contributed by atoms with E-state index < -0.39 is 0 Å². The molecule has 0 spiro atoms. The molecule has 1 saturated heterocycles. The molecule has 4 heterocycles. The van der Waals surface area contributed by atoms with Gasteiger partial charge in [-0.15, -0.1) is 0 Å². The predicted octanol–water partition coefficient (Wildman–Crippen LogP) is 1.40. The van der Waals surface area contributed by atoms with Gasteiger partial charge in [0.25, 0.3) is 0 Å². The van der Waals surface area contributed by atoms with E-state index in [2.05, 4.69) is 39.5 Å². The van der Waals surface area contributed by atoms with Crippen LogP contribution < -0.4 is 10.2 Å². The van der Waals surface area contributed by atoms with Crippen LogP contribution in [0.4, 0.5) is 5.69 Å². The Bertz CT molecular complexity index is 930. The zero-order chi connectivity index (χ0) is 16.7. The minimum absolute atomic E-state index is 0.411. The van der Waals surface area contributed by atoms with Gasteiger partial charge in [-0.2, -0.15) is 15.5 Å². The fraction of sp³-hybridized carbons (Fsp3) is 0.353. The number of pyridine rings is 1. The van der Waals surface area contributed by atoms with Crippen LogP contribution in [0.15, 0.2) is 30.9 Å². The molecule has 7 heteroatoms. The van der Waals surface area contributed by atoms with E-state index in [9.17, 15) is 5.26 Å². The normalized spacial score (nSPS) is 18.0. The highest BCUT2D eigenvalue weighted by molar-refractivity contribution is 5.83. The fourth-order valence-corrected chi connectivity index (χ4v) is 3.30. The second-order valence-electron chi connectivity index (χ2n) is 6.28. The van der Waals surface area contributed by atoms with Crippen molar-refractivity contribution in [1.82, 2.24) is 24.7 Å². The molecule has 3 aromatic rings. The number of piperazine rings is 1. The van der Waals surface area contributed by atoms with Crippen molar-refractivity contribution in [3.8, 4) is 17.2 Å². The number of nitrogens with one attached hydrogen (secondary N) is 1. The third-order valence-electron chi connectivity index (χ3n) is 4.46. The summed E-state index contributed by atoms with van der Waals surface area (Å²) in [6, 6.07) is 4.82. The average Bonchev–Trinajstić information content (AvgIpc) is 3.19. The van der Waals surface area contributed by atoms with Crippen molar-refractivity contribution in [2.45, 2.75) is 13.0 Å². The highest BCUT2D eigenvalue weighted by Crippen LogP contribution is 2.31. The minimum atomic E-state index is 0.411. The summed E-state index contributed by atoms with van der Waals surface area (Å²) in [6.07, 6.45) is 7.43. The smallest absolute Gasteiger partial charge is 0.107 e. The topological polar surface area (TPSA) is 74.2 Å². The lowest BCUT2D eigenvalue weighted by atomic mass is 10.1. The van der Waals surface area contributed by atoms with Crippen molar-refractivity contribution < 1.29 is 0 Å². The molecule has 0 amide bonds. The van der Waals surface area contributed by atoms with Crippen molar-refractivity contribution in [2.24, 2.45) is 7.05 Å². The number of hydrogen-bond donors (Lipinski definition) is 1. The number of aromatic nitrogens is 4. The van der Waals surface area contributed by atoms with Gasteiger partial charge in [0.1, 0.15) is 11.6 Å². The molecule has 0 aromatic carbocycles. The van der Waals surface area contributed by atoms with E-state index in [1.54, 1.807) is 10.9 Å². The third kappa shape index (κ3) is 2.41. The van der Waals surface area contributed by atoms with Crippen molar-refractivity contribution in [3.63, 3.8) is 0 Å². The molecule has 0 aliphatic carbocycles. The molecule has 24 heavy (non-hydrogen) atoms. The van der Waals surface area contributed by atoms with Crippen molar-refractivity contribution in [1.29, 1.82) is 5.26 Å². The number of fused-ring (bicyclic) bond motifs is 1. The molecule has 3 aromatic heterocycles. The molecular weight excluding hydrogens is 302 g/mol. The standard InChI is InChI=1S/C17H19N7/c1-12-9-23(4-3-19-12)16-5-13(15-8-20-22(2)10-15)11-24-17(16)14(6-18)7-21-24/h5,7-8,10-12,19H,3-4,9H2,1-2H3/t12-/m1/s1. The summed E-state index contributed by atoms with van der Waals surface area (Å²) in [7, 11) is 1.91. The van der Waals surface area contributed by atoms with Crippen LogP contribution in [0.1, 0.15) is 12.5 Å². The van der Waals surface area contributed by atoms with E-state index in [0.29, 0.717) is 11.6 Å². The lowest BCUT2D eigenvalue weighted by Crippen LogP contribution is -2.49. The molecule has 0 saturated carbocycles. The van der Waals surface area contributed by atoms with Gasteiger partial charge in [0.05, 0.1) is 23.6 Å². The van der Waals surface area contributed by atoms with Crippen molar-refractivity contribution in [3.05, 3.63) is 36.4 Å². The molecule has 7 nitrogen and oxygen atoms in total. The molecule has 0 bridgehead atoms. The molecule has 1 aliphatic rings. The minimum Gasteiger partial charge on any atom is -0.367 e. The zero-order valence-corrected chi connectivity index (χ0v) is 13.8. The Morgan fingerprint density at radius 3 is 2.83 bits per heavy atom. The Morgan fingerprint density at radius 2 is 2.12 bits per heavy atom. The maximum Gasteiger partial charge on any atom is 0.107 e. The zero-order valence-electron chi connectivity index (χ0n) is 13.8. The summed E-state index contributed by atoms with van der Waals surface area (Å²) >= 11 is 0. The second kappa shape index (κ2) is 5.65. The van der Waals surface area contributed by atoms with Gasteiger partial charge in [0, 0.05) is 56.2 Å². The summed E-state index contributed by atoms with van der Waals surface area (Å²) in [6.45, 7) is 4.92. The lowest BCUT2D eigenvalue weighted by Gasteiger charge is -2.34. The maximum atomic E-state index is 9.44. The van der Waals surface area contributed by atoms with Gasteiger partial charge in [-0.1, -0.05) is 0 Å². The Kier molecular flexibility index (Phi) is 3.47. The molecule has 1 atom stereocenters. The lowest BCUT2D eigenvalue weighted by molar-refractivity contribution is 0.485. The van der Waals surface area contributed by atoms with Crippen LogP contribution in [0.2, 0.25) is 0 Å². The first-order valence-corrected chi connectivity index (χ1v) is 8.04. The van der Waals surface area contributed by atoms with Crippen LogP contribution in [0, 0.1) is 11.3 Å². The van der Waals surface area contributed by atoms with Crippen LogP contribution in [-0.4, -0.2) is 45.1 Å². The molecule has 0 radical (unpaired) electrons. The molecule has 0 unspecified atom stereocenters. The van der Waals surface area contributed by atoms with Gasteiger partial charge < -0.3 is 10.2 Å². The maximum absolute atomic E-state index is 9.44. The Hall–Kier alpha value is -2.85. The fourth-order valence-electron chi connectivity index (χ4n) is 3.30. The monoisotopic (exact) mass is 321 g/mol. The van der Waals surface area contributed by atoms with Crippen molar-refractivity contribution >= 4 is 11.2 Å². The largest absolute Gasteiger partial charge is 0.367 e. The van der Waals surface area contributed by atoms with Crippen LogP contribution in [-0.2, 0) is 7.05 Å². The van der Waals surface area contributed by atoms with Crippen LogP contribution in [0.3, 0.4) is 0 Å². The average molecular weight is 321 g/mol. The first kappa shape index (κ1) is 14.7. The second-order valence-corrected chi connectivity index (χ2v) is 6.28. The first-order chi connectivity index (χ1) is 11.7. The van der Waals surface area contributed by atoms with Crippen molar-refractivity contribution in [2.75, 3.05) is 24.5 Å². The number of rotatable bonds is 2. The summed E-state index contributed by atoms with van der Waals surface area (Å²) in [5, 5.41) is 21.5. The number of anilines is 1. The summed E-state index contributed by atoms with van der Waals surface area (Å²) in [5.41, 5.74) is 4.62. The molecular formula is C17H19N7. The quantitative estimate of drug-likeness (QED) is 0.772. The van der Waals surface area contributed by atoms with Gasteiger partial charge in [0.15, 0.2) is 0 Å². The predicted molar refractivity (Wildman–Crippen MR) is 91.8 cm³/mol. The van der Waals surface area contributed by atoms with Crippen LogP contribution in [0.25, 0.3) is 16.6 Å². The van der Waals surface area contributed by atoms with E-state index in [4.69, 9.17) is 0 Å². The highest BCUT2D eigenvalue weighted by Gasteiger charge is 2.21. The van der Waals surface area contributed by atoms with E-state index >= 15 is 0 Å². The SMILES string of the molecule is C[C@@H]1CN(c2cc(-c3cnn(C)c3)cn3ncc(C#N)c23)CCN1. The number of hydrogen-bond acceptors (Lipinski definition) is 5. The van der Waals surface area contributed by atoms with Gasteiger partial charge in [-0.3, -0.25) is 4.68 Å². The van der Waals surface area contributed by atoms with Crippen LogP contribution in [0.5, 0.6) is 0 Å². The van der Waals surface area contributed by atoms with Gasteiger partial charge in [-0.05, 0) is 13.0 Å². The van der Waals surface area contributed by atoms with E-state index in [-0.39, 0.29) is 0 Å². The number of nitrogens with zero attached hydrogens (tertiary/aromatic N) is 6. The van der Waals surface area contributed by atoms with E-state index in [1.807, 2.05) is 30.2 Å². The van der Waals surface area contributed by atoms with Gasteiger partial charge in [-0.25, -0.2) is 4.52 Å². The summed E-state index contributed by atoms with van der Waals surface area (Å²) < 4.78 is 3.60. The summed E-state index contributed by atoms with van der Waals surface area (Å²) in [4.78, 5) is 2.33.